The molecule has 1 aliphatic heterocycles. The SMILES string of the molecule is COC(=O)c1cnc2c(c1)OCCc1cc(-c3cccnc3F)sc1-2. The summed E-state index contributed by atoms with van der Waals surface area (Å²) in [5.41, 5.74) is 2.50. The largest absolute Gasteiger partial charge is 0.491 e. The van der Waals surface area contributed by atoms with Crippen LogP contribution in [0.25, 0.3) is 21.0 Å². The van der Waals surface area contributed by atoms with Crippen LogP contribution in [0, 0.1) is 5.95 Å². The van der Waals surface area contributed by atoms with Crippen molar-refractivity contribution in [2.45, 2.75) is 6.42 Å². The third-order valence-corrected chi connectivity index (χ3v) is 5.17. The summed E-state index contributed by atoms with van der Waals surface area (Å²) in [7, 11) is 1.32. The first kappa shape index (κ1) is 15.7. The molecule has 25 heavy (non-hydrogen) atoms. The van der Waals surface area contributed by atoms with Crippen molar-refractivity contribution in [2.24, 2.45) is 0 Å². The summed E-state index contributed by atoms with van der Waals surface area (Å²) in [6, 6.07) is 7.00. The van der Waals surface area contributed by atoms with Gasteiger partial charge in [0.05, 0.1) is 24.2 Å². The Morgan fingerprint density at radius 3 is 3.04 bits per heavy atom. The molecule has 0 bridgehead atoms. The lowest BCUT2D eigenvalue weighted by Gasteiger charge is -2.08. The molecule has 5 nitrogen and oxygen atoms in total. The molecule has 7 heteroatoms. The monoisotopic (exact) mass is 356 g/mol. The molecule has 0 unspecified atom stereocenters. The number of aromatic nitrogens is 2. The summed E-state index contributed by atoms with van der Waals surface area (Å²) < 4.78 is 24.5. The molecule has 4 heterocycles. The standard InChI is InChI=1S/C18H13FN2O3S/c1-23-18(22)11-7-13-15(21-9-11)16-10(4-6-24-13)8-14(25-16)12-3-2-5-20-17(12)19/h2-3,5,7-9H,4,6H2,1H3. The van der Waals surface area contributed by atoms with E-state index in [0.29, 0.717) is 35.6 Å². The Balaban J connectivity index is 1.82. The Labute approximate surface area is 147 Å². The zero-order valence-corrected chi connectivity index (χ0v) is 14.1. The van der Waals surface area contributed by atoms with Crippen LogP contribution in [0.15, 0.2) is 36.7 Å². The Hall–Kier alpha value is -2.80. The molecule has 126 valence electrons. The van der Waals surface area contributed by atoms with E-state index in [1.54, 1.807) is 18.2 Å². The van der Waals surface area contributed by atoms with Crippen LogP contribution in [0.1, 0.15) is 15.9 Å². The van der Waals surface area contributed by atoms with Gasteiger partial charge in [-0.25, -0.2) is 9.78 Å². The molecule has 0 amide bonds. The molecule has 0 saturated heterocycles. The fourth-order valence-corrected chi connectivity index (χ4v) is 3.97. The maximum Gasteiger partial charge on any atom is 0.339 e. The maximum absolute atomic E-state index is 14.0. The number of thiophene rings is 1. The van der Waals surface area contributed by atoms with Gasteiger partial charge in [-0.2, -0.15) is 4.39 Å². The zero-order valence-electron chi connectivity index (χ0n) is 13.3. The third kappa shape index (κ3) is 2.76. The molecule has 0 fully saturated rings. The quantitative estimate of drug-likeness (QED) is 0.517. The van der Waals surface area contributed by atoms with Gasteiger partial charge >= 0.3 is 5.97 Å². The van der Waals surface area contributed by atoms with Crippen LogP contribution in [-0.2, 0) is 11.2 Å². The van der Waals surface area contributed by atoms with Gasteiger partial charge in [0.25, 0.3) is 0 Å². The number of esters is 1. The molecule has 0 radical (unpaired) electrons. The molecular formula is C18H13FN2O3S. The maximum atomic E-state index is 14.0. The lowest BCUT2D eigenvalue weighted by Crippen LogP contribution is -2.04. The predicted octanol–water partition coefficient (Wildman–Crippen LogP) is 3.73. The molecule has 3 aromatic rings. The van der Waals surface area contributed by atoms with E-state index in [0.717, 1.165) is 15.3 Å². The van der Waals surface area contributed by atoms with Gasteiger partial charge in [0.1, 0.15) is 11.4 Å². The van der Waals surface area contributed by atoms with Crippen LogP contribution in [0.4, 0.5) is 4.39 Å². The Morgan fingerprint density at radius 2 is 2.24 bits per heavy atom. The van der Waals surface area contributed by atoms with Crippen molar-refractivity contribution in [2.75, 3.05) is 13.7 Å². The van der Waals surface area contributed by atoms with E-state index >= 15 is 0 Å². The van der Waals surface area contributed by atoms with Gasteiger partial charge in [0.15, 0.2) is 0 Å². The molecule has 0 spiro atoms. The summed E-state index contributed by atoms with van der Waals surface area (Å²) in [6.07, 6.45) is 3.57. The number of rotatable bonds is 2. The van der Waals surface area contributed by atoms with E-state index in [9.17, 15) is 9.18 Å². The molecule has 0 atom stereocenters. The van der Waals surface area contributed by atoms with Gasteiger partial charge < -0.3 is 9.47 Å². The van der Waals surface area contributed by atoms with Crippen LogP contribution >= 0.6 is 11.3 Å². The first-order valence-corrected chi connectivity index (χ1v) is 8.44. The number of ether oxygens (including phenoxy) is 2. The van der Waals surface area contributed by atoms with Gasteiger partial charge in [0.2, 0.25) is 5.95 Å². The minimum absolute atomic E-state index is 0.333. The first-order valence-electron chi connectivity index (χ1n) is 7.62. The van der Waals surface area contributed by atoms with E-state index in [1.807, 2.05) is 6.07 Å². The highest BCUT2D eigenvalue weighted by Crippen LogP contribution is 2.43. The Kier molecular flexibility index (Phi) is 3.93. The second-order valence-electron chi connectivity index (χ2n) is 5.47. The van der Waals surface area contributed by atoms with Crippen LogP contribution in [0.2, 0.25) is 0 Å². The van der Waals surface area contributed by atoms with Crippen LogP contribution < -0.4 is 4.74 Å². The lowest BCUT2D eigenvalue weighted by atomic mass is 10.1. The highest BCUT2D eigenvalue weighted by molar-refractivity contribution is 7.19. The number of methoxy groups -OCH3 is 1. The number of hydrogen-bond donors (Lipinski definition) is 0. The summed E-state index contributed by atoms with van der Waals surface area (Å²) in [5.74, 6) is -0.432. The number of carbonyl (C=O) groups is 1. The lowest BCUT2D eigenvalue weighted by molar-refractivity contribution is 0.0599. The Morgan fingerprint density at radius 1 is 1.36 bits per heavy atom. The van der Waals surface area contributed by atoms with E-state index in [1.165, 1.54) is 30.8 Å². The van der Waals surface area contributed by atoms with E-state index in [2.05, 4.69) is 9.97 Å². The smallest absolute Gasteiger partial charge is 0.339 e. The molecular weight excluding hydrogens is 343 g/mol. The fraction of sp³-hybridized carbons (Fsp3) is 0.167. The second kappa shape index (κ2) is 6.25. The summed E-state index contributed by atoms with van der Waals surface area (Å²) in [4.78, 5) is 21.5. The number of pyridine rings is 2. The zero-order chi connectivity index (χ0) is 17.4. The number of hydrogen-bond acceptors (Lipinski definition) is 6. The second-order valence-corrected chi connectivity index (χ2v) is 6.52. The summed E-state index contributed by atoms with van der Waals surface area (Å²) in [5, 5.41) is 0. The van der Waals surface area contributed by atoms with Crippen LogP contribution in [0.5, 0.6) is 5.75 Å². The van der Waals surface area contributed by atoms with Crippen molar-refractivity contribution >= 4 is 17.3 Å². The average molecular weight is 356 g/mol. The molecule has 0 aromatic carbocycles. The van der Waals surface area contributed by atoms with Crippen molar-refractivity contribution in [3.63, 3.8) is 0 Å². The predicted molar refractivity (Wildman–Crippen MR) is 91.3 cm³/mol. The highest BCUT2D eigenvalue weighted by Gasteiger charge is 2.23. The highest BCUT2D eigenvalue weighted by atomic mass is 32.1. The Bertz CT molecular complexity index is 971. The number of fused-ring (bicyclic) bond motifs is 3. The number of carbonyl (C=O) groups excluding carboxylic acids is 1. The molecule has 4 rings (SSSR count). The first-order chi connectivity index (χ1) is 12.2. The molecule has 0 aliphatic carbocycles. The van der Waals surface area contributed by atoms with Crippen molar-refractivity contribution in [3.8, 4) is 26.8 Å². The molecule has 3 aromatic heterocycles. The average Bonchev–Trinajstić information content (AvgIpc) is 2.97. The van der Waals surface area contributed by atoms with Crippen molar-refractivity contribution in [3.05, 3.63) is 53.7 Å². The molecule has 1 aliphatic rings. The normalized spacial score (nSPS) is 12.6. The molecule has 0 N–H and O–H groups in total. The number of halogens is 1. The van der Waals surface area contributed by atoms with Gasteiger partial charge in [-0.3, -0.25) is 4.98 Å². The van der Waals surface area contributed by atoms with Crippen molar-refractivity contribution in [1.82, 2.24) is 9.97 Å². The van der Waals surface area contributed by atoms with E-state index in [4.69, 9.17) is 9.47 Å². The van der Waals surface area contributed by atoms with Gasteiger partial charge in [-0.1, -0.05) is 0 Å². The number of nitrogens with zero attached hydrogens (tertiary/aromatic N) is 2. The van der Waals surface area contributed by atoms with Crippen LogP contribution in [-0.4, -0.2) is 29.7 Å². The van der Waals surface area contributed by atoms with E-state index < -0.39 is 11.9 Å². The van der Waals surface area contributed by atoms with Gasteiger partial charge in [-0.15, -0.1) is 11.3 Å². The van der Waals surface area contributed by atoms with Crippen molar-refractivity contribution < 1.29 is 18.7 Å². The van der Waals surface area contributed by atoms with Crippen LogP contribution in [0.3, 0.4) is 0 Å². The summed E-state index contributed by atoms with van der Waals surface area (Å²) in [6.45, 7) is 0.456. The van der Waals surface area contributed by atoms with Gasteiger partial charge in [0, 0.05) is 29.3 Å². The topological polar surface area (TPSA) is 61.3 Å². The summed E-state index contributed by atoms with van der Waals surface area (Å²) >= 11 is 1.44. The van der Waals surface area contributed by atoms with Crippen molar-refractivity contribution in [1.29, 1.82) is 0 Å². The minimum Gasteiger partial charge on any atom is -0.491 e. The van der Waals surface area contributed by atoms with Gasteiger partial charge in [-0.05, 0) is 29.8 Å². The fourth-order valence-electron chi connectivity index (χ4n) is 2.74. The molecule has 0 saturated carbocycles. The van der Waals surface area contributed by atoms with E-state index in [-0.39, 0.29) is 0 Å². The minimum atomic E-state index is -0.496. The third-order valence-electron chi connectivity index (χ3n) is 3.95.